The van der Waals surface area contributed by atoms with E-state index in [4.69, 9.17) is 11.6 Å². The van der Waals surface area contributed by atoms with E-state index in [9.17, 15) is 0 Å². The summed E-state index contributed by atoms with van der Waals surface area (Å²) < 4.78 is 0. The zero-order chi connectivity index (χ0) is 9.07. The first-order chi connectivity index (χ1) is 5.91. The van der Waals surface area contributed by atoms with E-state index in [0.717, 1.165) is 5.88 Å². The van der Waals surface area contributed by atoms with Crippen molar-refractivity contribution in [2.75, 3.05) is 5.88 Å². The van der Waals surface area contributed by atoms with Crippen LogP contribution in [0.15, 0.2) is 30.6 Å². The van der Waals surface area contributed by atoms with Crippen LogP contribution < -0.4 is 0 Å². The minimum absolute atomic E-state index is 0.827. The minimum atomic E-state index is 0.827. The second-order valence-corrected chi connectivity index (χ2v) is 2.80. The highest BCUT2D eigenvalue weighted by Crippen LogP contribution is 1.93. The van der Waals surface area contributed by atoms with Crippen molar-refractivity contribution in [1.29, 1.82) is 0 Å². The summed E-state index contributed by atoms with van der Waals surface area (Å²) in [5.74, 6) is 0.827. The second-order valence-electron chi connectivity index (χ2n) is 2.42. The third-order valence-electron chi connectivity index (χ3n) is 1.30. The fourth-order valence-corrected chi connectivity index (χ4v) is 0.846. The third kappa shape index (κ3) is 9.44. The summed E-state index contributed by atoms with van der Waals surface area (Å²) in [6.07, 6.45) is 7.23. The van der Waals surface area contributed by atoms with E-state index >= 15 is 0 Å². The number of rotatable bonds is 3. The number of alkyl halides is 1. The van der Waals surface area contributed by atoms with Gasteiger partial charge in [-0.15, -0.1) is 11.6 Å². The molecule has 0 aromatic carbocycles. The van der Waals surface area contributed by atoms with Crippen molar-refractivity contribution in [2.45, 2.75) is 26.2 Å². The maximum atomic E-state index is 5.38. The maximum Gasteiger partial charge on any atom is 0.0267 e. The Bertz CT molecular complexity index is 122. The molecule has 0 unspecified atom stereocenters. The van der Waals surface area contributed by atoms with Crippen molar-refractivity contribution in [3.63, 3.8) is 0 Å². The molecule has 2 heteroatoms. The van der Waals surface area contributed by atoms with Crippen molar-refractivity contribution in [3.8, 4) is 0 Å². The van der Waals surface area contributed by atoms with Gasteiger partial charge in [0.05, 0.1) is 0 Å². The van der Waals surface area contributed by atoms with Crippen molar-refractivity contribution < 1.29 is 0 Å². The summed E-state index contributed by atoms with van der Waals surface area (Å²) in [6, 6.07) is 5.72. The van der Waals surface area contributed by atoms with E-state index in [1.165, 1.54) is 19.3 Å². The molecule has 0 aliphatic carbocycles. The van der Waals surface area contributed by atoms with Crippen molar-refractivity contribution in [2.24, 2.45) is 0 Å². The lowest BCUT2D eigenvalue weighted by Crippen LogP contribution is -1.70. The molecule has 0 fully saturated rings. The quantitative estimate of drug-likeness (QED) is 0.519. The average molecular weight is 186 g/mol. The zero-order valence-electron chi connectivity index (χ0n) is 7.54. The van der Waals surface area contributed by atoms with Gasteiger partial charge in [0, 0.05) is 18.3 Å². The first kappa shape index (κ1) is 11.4. The van der Waals surface area contributed by atoms with Crippen molar-refractivity contribution in [1.82, 2.24) is 4.98 Å². The molecule has 0 N–H and O–H groups in total. The molecule has 0 spiro atoms. The molecule has 0 aliphatic heterocycles. The number of nitrogens with zero attached hydrogens (tertiary/aromatic N) is 1. The summed E-state index contributed by atoms with van der Waals surface area (Å²) >= 11 is 5.38. The predicted molar refractivity (Wildman–Crippen MR) is 54.5 cm³/mol. The lowest BCUT2D eigenvalue weighted by atomic mass is 10.3. The van der Waals surface area contributed by atoms with Crippen molar-refractivity contribution in [3.05, 3.63) is 30.6 Å². The smallest absolute Gasteiger partial charge is 0.0267 e. The molecular formula is C10H16ClN. The van der Waals surface area contributed by atoms with Crippen LogP contribution in [0.25, 0.3) is 0 Å². The topological polar surface area (TPSA) is 12.9 Å². The minimum Gasteiger partial charge on any atom is -0.265 e. The standard InChI is InChI=1S/C5H11Cl.C5H5N/c1-2-3-4-5-6;1-2-4-6-5-3-1/h2-5H2,1H3;1-5H. The Labute approximate surface area is 79.8 Å². The number of pyridine rings is 1. The number of unbranched alkanes of at least 4 members (excludes halogenated alkanes) is 2. The van der Waals surface area contributed by atoms with Gasteiger partial charge in [-0.2, -0.15) is 0 Å². The lowest BCUT2D eigenvalue weighted by Gasteiger charge is -1.84. The Hall–Kier alpha value is -0.560. The molecule has 0 radical (unpaired) electrons. The molecule has 68 valence electrons. The maximum absolute atomic E-state index is 5.38. The fraction of sp³-hybridized carbons (Fsp3) is 0.500. The monoisotopic (exact) mass is 185 g/mol. The molecule has 0 saturated carbocycles. The molecule has 1 rings (SSSR count). The Balaban J connectivity index is 0.000000202. The third-order valence-corrected chi connectivity index (χ3v) is 1.57. The summed E-state index contributed by atoms with van der Waals surface area (Å²) in [5.41, 5.74) is 0. The number of hydrogen-bond donors (Lipinski definition) is 0. The van der Waals surface area contributed by atoms with Crippen LogP contribution in [-0.4, -0.2) is 10.9 Å². The largest absolute Gasteiger partial charge is 0.265 e. The number of aromatic nitrogens is 1. The van der Waals surface area contributed by atoms with E-state index in [1.807, 2.05) is 18.2 Å². The van der Waals surface area contributed by atoms with Crippen LogP contribution in [0.1, 0.15) is 26.2 Å². The van der Waals surface area contributed by atoms with Crippen LogP contribution in [-0.2, 0) is 0 Å². The Morgan fingerprint density at radius 3 is 1.92 bits per heavy atom. The predicted octanol–water partition coefficient (Wildman–Crippen LogP) is 3.50. The summed E-state index contributed by atoms with van der Waals surface area (Å²) in [5, 5.41) is 0. The SMILES string of the molecule is CCCCCCl.c1ccncc1. The number of halogens is 1. The Morgan fingerprint density at radius 1 is 1.08 bits per heavy atom. The molecular weight excluding hydrogens is 170 g/mol. The molecule has 12 heavy (non-hydrogen) atoms. The first-order valence-corrected chi connectivity index (χ1v) is 4.86. The zero-order valence-corrected chi connectivity index (χ0v) is 8.30. The van der Waals surface area contributed by atoms with Crippen LogP contribution in [0.3, 0.4) is 0 Å². The second kappa shape index (κ2) is 10.4. The molecule has 0 bridgehead atoms. The van der Waals surface area contributed by atoms with Crippen LogP contribution in [0.4, 0.5) is 0 Å². The molecule has 1 aromatic rings. The summed E-state index contributed by atoms with van der Waals surface area (Å²) in [4.78, 5) is 3.78. The van der Waals surface area contributed by atoms with Gasteiger partial charge in [0.15, 0.2) is 0 Å². The Morgan fingerprint density at radius 2 is 1.75 bits per heavy atom. The van der Waals surface area contributed by atoms with Gasteiger partial charge in [-0.1, -0.05) is 25.8 Å². The molecule has 0 aliphatic rings. The normalized spacial score (nSPS) is 8.50. The fourth-order valence-electron chi connectivity index (χ4n) is 0.657. The molecule has 0 atom stereocenters. The molecule has 0 amide bonds. The lowest BCUT2D eigenvalue weighted by molar-refractivity contribution is 0.776. The van der Waals surface area contributed by atoms with Gasteiger partial charge < -0.3 is 0 Å². The van der Waals surface area contributed by atoms with Gasteiger partial charge in [0.2, 0.25) is 0 Å². The molecule has 1 nitrogen and oxygen atoms in total. The van der Waals surface area contributed by atoms with E-state index in [2.05, 4.69) is 11.9 Å². The average Bonchev–Trinajstić information content (AvgIpc) is 2.18. The summed E-state index contributed by atoms with van der Waals surface area (Å²) in [7, 11) is 0. The van der Waals surface area contributed by atoms with Gasteiger partial charge in [-0.3, -0.25) is 4.98 Å². The molecule has 1 heterocycles. The van der Waals surface area contributed by atoms with E-state index in [0.29, 0.717) is 0 Å². The van der Waals surface area contributed by atoms with Crippen molar-refractivity contribution >= 4 is 11.6 Å². The van der Waals surface area contributed by atoms with Crippen LogP contribution in [0.2, 0.25) is 0 Å². The summed E-state index contributed by atoms with van der Waals surface area (Å²) in [6.45, 7) is 2.17. The van der Waals surface area contributed by atoms with Gasteiger partial charge in [-0.25, -0.2) is 0 Å². The van der Waals surface area contributed by atoms with Gasteiger partial charge in [0.25, 0.3) is 0 Å². The molecule has 0 saturated heterocycles. The highest BCUT2D eigenvalue weighted by atomic mass is 35.5. The highest BCUT2D eigenvalue weighted by molar-refractivity contribution is 6.17. The molecule has 1 aromatic heterocycles. The van der Waals surface area contributed by atoms with Gasteiger partial charge >= 0.3 is 0 Å². The highest BCUT2D eigenvalue weighted by Gasteiger charge is 1.76. The van der Waals surface area contributed by atoms with E-state index < -0.39 is 0 Å². The van der Waals surface area contributed by atoms with Gasteiger partial charge in [0.1, 0.15) is 0 Å². The first-order valence-electron chi connectivity index (χ1n) is 4.32. The van der Waals surface area contributed by atoms with E-state index in [-0.39, 0.29) is 0 Å². The van der Waals surface area contributed by atoms with Crippen LogP contribution >= 0.6 is 11.6 Å². The van der Waals surface area contributed by atoms with E-state index in [1.54, 1.807) is 12.4 Å². The number of hydrogen-bond acceptors (Lipinski definition) is 1. The Kier molecular flexibility index (Phi) is 9.95. The van der Waals surface area contributed by atoms with Crippen LogP contribution in [0.5, 0.6) is 0 Å². The van der Waals surface area contributed by atoms with Gasteiger partial charge in [-0.05, 0) is 18.6 Å². The van der Waals surface area contributed by atoms with Crippen LogP contribution in [0, 0.1) is 0 Å².